The first-order chi connectivity index (χ1) is 9.15. The van der Waals surface area contributed by atoms with Gasteiger partial charge in [-0.25, -0.2) is 0 Å². The molecule has 0 aliphatic carbocycles. The van der Waals surface area contributed by atoms with Crippen LogP contribution in [0.3, 0.4) is 0 Å². The Morgan fingerprint density at radius 1 is 1.14 bits per heavy atom. The Hall–Kier alpha value is -0.664. The van der Waals surface area contributed by atoms with Gasteiger partial charge in [-0.15, -0.1) is 0 Å². The number of benzene rings is 1. The molecule has 0 saturated heterocycles. The fourth-order valence-corrected chi connectivity index (χ4v) is 1.34. The van der Waals surface area contributed by atoms with Crippen molar-refractivity contribution in [1.29, 1.82) is 0 Å². The number of hydrogen-bond donors (Lipinski definition) is 0. The van der Waals surface area contributed by atoms with E-state index in [-0.39, 0.29) is 49.4 Å². The molecule has 0 unspecified atom stereocenters. The number of carboxylic acid groups (broad SMARTS) is 2. The Morgan fingerprint density at radius 2 is 1.57 bits per heavy atom. The van der Waals surface area contributed by atoms with Crippen molar-refractivity contribution in [3.05, 3.63) is 39.4 Å². The van der Waals surface area contributed by atoms with E-state index >= 15 is 0 Å². The van der Waals surface area contributed by atoms with Gasteiger partial charge in [0.25, 0.3) is 0 Å². The zero-order valence-corrected chi connectivity index (χ0v) is 14.6. The zero-order valence-electron chi connectivity index (χ0n) is 11.0. The zero-order chi connectivity index (χ0) is 15.9. The molecule has 0 saturated carbocycles. The summed E-state index contributed by atoms with van der Waals surface area (Å²) in [5.74, 6) is -2.37. The second-order valence-electron chi connectivity index (χ2n) is 3.43. The molecular weight excluding hydrogens is 355 g/mol. The van der Waals surface area contributed by atoms with Gasteiger partial charge in [-0.3, -0.25) is 0 Å². The predicted octanol–water partition coefficient (Wildman–Crippen LogP) is 0.707. The second-order valence-corrected chi connectivity index (χ2v) is 4.65. The van der Waals surface area contributed by atoms with Crippen LogP contribution in [0.1, 0.15) is 6.92 Å². The minimum atomic E-state index is -1.34. The first-order valence-corrected chi connectivity index (χ1v) is 6.12. The van der Waals surface area contributed by atoms with Gasteiger partial charge in [0.15, 0.2) is 0 Å². The molecule has 5 nitrogen and oxygen atoms in total. The summed E-state index contributed by atoms with van der Waals surface area (Å²) in [5.41, 5.74) is 0.0648. The molecule has 0 aliphatic heterocycles. The first kappa shape index (κ1) is 22.6. The van der Waals surface area contributed by atoms with Crippen molar-refractivity contribution in [3.8, 4) is 5.75 Å². The Bertz CT molecular complexity index is 522. The van der Waals surface area contributed by atoms with Gasteiger partial charge in [0.05, 0.1) is 27.0 Å². The Balaban J connectivity index is 0. The van der Waals surface area contributed by atoms with E-state index in [1.807, 2.05) is 0 Å². The summed E-state index contributed by atoms with van der Waals surface area (Å²) in [6.07, 6.45) is 0. The molecule has 0 radical (unpaired) electrons. The van der Waals surface area contributed by atoms with Crippen LogP contribution in [-0.2, 0) is 9.59 Å². The molecule has 0 atom stereocenters. The first-order valence-electron chi connectivity index (χ1n) is 4.99. The normalized spacial score (nSPS) is 8.76. The minimum absolute atomic E-state index is 0. The minimum Gasteiger partial charge on any atom is -0.546 e. The second kappa shape index (κ2) is 11.0. The number of carbonyl (C=O) groups is 2. The molecule has 0 heterocycles. The number of carbonyl (C=O) groups excluding carboxylic acids is 2. The van der Waals surface area contributed by atoms with Gasteiger partial charge in [0.1, 0.15) is 12.4 Å². The predicted molar refractivity (Wildman–Crippen MR) is 77.5 cm³/mol. The van der Waals surface area contributed by atoms with Crippen molar-refractivity contribution in [2.75, 3.05) is 6.61 Å². The third-order valence-electron chi connectivity index (χ3n) is 1.67. The van der Waals surface area contributed by atoms with E-state index in [4.69, 9.17) is 39.5 Å². The molecule has 0 amide bonds. The van der Waals surface area contributed by atoms with Crippen LogP contribution in [0, 0.1) is 0 Å². The standard InChI is InChI=1S/C8H5Cl3O3.C4H6O2.Mg/c9-4-1-6(11)7(2-5(4)10)14-3-8(12)13;1-3(2)4(5)6;/h1-2H,3H2,(H,12,13);1H2,2H3,(H,5,6);/q;;+2/p-2. The van der Waals surface area contributed by atoms with Crippen molar-refractivity contribution in [2.24, 2.45) is 0 Å². The molecular formula is C12H9Cl3MgO5. The molecule has 0 N–H and O–H groups in total. The van der Waals surface area contributed by atoms with Gasteiger partial charge in [-0.05, 0) is 18.6 Å². The summed E-state index contributed by atoms with van der Waals surface area (Å²) in [4.78, 5) is 19.6. The molecule has 1 rings (SSSR count). The molecule has 1 aromatic rings. The van der Waals surface area contributed by atoms with E-state index in [2.05, 4.69) is 6.58 Å². The smallest absolute Gasteiger partial charge is 0.546 e. The largest absolute Gasteiger partial charge is 2.00 e. The average molecular weight is 364 g/mol. The molecule has 0 fully saturated rings. The van der Waals surface area contributed by atoms with Gasteiger partial charge in [-0.2, -0.15) is 0 Å². The van der Waals surface area contributed by atoms with E-state index in [1.165, 1.54) is 19.1 Å². The molecule has 0 bridgehead atoms. The molecule has 0 spiro atoms. The van der Waals surface area contributed by atoms with Crippen molar-refractivity contribution in [2.45, 2.75) is 6.92 Å². The summed E-state index contributed by atoms with van der Waals surface area (Å²) in [7, 11) is 0. The van der Waals surface area contributed by atoms with Crippen LogP contribution in [0.15, 0.2) is 24.3 Å². The van der Waals surface area contributed by atoms with Crippen LogP contribution < -0.4 is 14.9 Å². The summed E-state index contributed by atoms with van der Waals surface area (Å²) >= 11 is 17.0. The van der Waals surface area contributed by atoms with E-state index < -0.39 is 18.5 Å². The van der Waals surface area contributed by atoms with Gasteiger partial charge >= 0.3 is 23.1 Å². The number of rotatable bonds is 4. The van der Waals surface area contributed by atoms with Crippen molar-refractivity contribution in [3.63, 3.8) is 0 Å². The van der Waals surface area contributed by atoms with Gasteiger partial charge in [0, 0.05) is 6.07 Å². The molecule has 0 aliphatic rings. The Labute approximate surface area is 152 Å². The summed E-state index contributed by atoms with van der Waals surface area (Å²) in [5, 5.41) is 20.3. The third-order valence-corrected chi connectivity index (χ3v) is 2.69. The quantitative estimate of drug-likeness (QED) is 0.446. The maximum Gasteiger partial charge on any atom is 2.00 e. The number of carboxylic acids is 2. The van der Waals surface area contributed by atoms with Crippen molar-refractivity contribution >= 4 is 69.8 Å². The summed E-state index contributed by atoms with van der Waals surface area (Å²) < 4.78 is 4.80. The topological polar surface area (TPSA) is 89.5 Å². The van der Waals surface area contributed by atoms with Gasteiger partial charge in [0.2, 0.25) is 0 Å². The molecule has 21 heavy (non-hydrogen) atoms. The monoisotopic (exact) mass is 362 g/mol. The Morgan fingerprint density at radius 3 is 1.95 bits per heavy atom. The van der Waals surface area contributed by atoms with Crippen LogP contribution in [-0.4, -0.2) is 41.6 Å². The number of halogens is 3. The summed E-state index contributed by atoms with van der Waals surface area (Å²) in [6.45, 7) is 3.89. The maximum absolute atomic E-state index is 10.1. The van der Waals surface area contributed by atoms with Gasteiger partial charge in [-0.1, -0.05) is 41.4 Å². The molecule has 9 heteroatoms. The fourth-order valence-electron chi connectivity index (χ4n) is 0.752. The molecule has 110 valence electrons. The summed E-state index contributed by atoms with van der Waals surface area (Å²) in [6, 6.07) is 2.71. The van der Waals surface area contributed by atoms with Crippen molar-refractivity contribution in [1.82, 2.24) is 0 Å². The SMILES string of the molecule is C=C(C)C(=O)[O-].O=C([O-])COc1cc(Cl)c(Cl)cc1Cl.[Mg+2]. The van der Waals surface area contributed by atoms with E-state index in [0.29, 0.717) is 0 Å². The van der Waals surface area contributed by atoms with Crippen LogP contribution in [0.25, 0.3) is 0 Å². The van der Waals surface area contributed by atoms with Gasteiger partial charge < -0.3 is 24.5 Å². The Kier molecular flexibility index (Phi) is 11.8. The van der Waals surface area contributed by atoms with Crippen LogP contribution >= 0.6 is 34.8 Å². The molecule has 0 aromatic heterocycles. The third kappa shape index (κ3) is 9.81. The number of aliphatic carboxylic acids is 2. The van der Waals surface area contributed by atoms with E-state index in [9.17, 15) is 19.8 Å². The fraction of sp³-hybridized carbons (Fsp3) is 0.167. The average Bonchev–Trinajstić information content (AvgIpc) is 2.32. The van der Waals surface area contributed by atoms with E-state index in [1.54, 1.807) is 0 Å². The van der Waals surface area contributed by atoms with Crippen LogP contribution in [0.4, 0.5) is 0 Å². The number of hydrogen-bond acceptors (Lipinski definition) is 5. The van der Waals surface area contributed by atoms with E-state index in [0.717, 1.165) is 0 Å². The maximum atomic E-state index is 10.1. The van der Waals surface area contributed by atoms with Crippen LogP contribution in [0.2, 0.25) is 15.1 Å². The van der Waals surface area contributed by atoms with Crippen molar-refractivity contribution < 1.29 is 24.5 Å². The number of ether oxygens (including phenoxy) is 1. The molecule has 1 aromatic carbocycles. The van der Waals surface area contributed by atoms with Crippen LogP contribution in [0.5, 0.6) is 5.75 Å².